The van der Waals surface area contributed by atoms with Crippen LogP contribution in [-0.4, -0.2) is 35.8 Å². The van der Waals surface area contributed by atoms with Crippen molar-refractivity contribution in [2.75, 3.05) is 0 Å². The fourth-order valence-electron chi connectivity index (χ4n) is 2.78. The van der Waals surface area contributed by atoms with E-state index in [-0.39, 0.29) is 177 Å². The number of carboxylic acids is 6. The van der Waals surface area contributed by atoms with Gasteiger partial charge >= 0.3 is 177 Å². The van der Waals surface area contributed by atoms with Gasteiger partial charge in [-0.3, -0.25) is 0 Å². The van der Waals surface area contributed by atoms with Crippen LogP contribution in [0.25, 0.3) is 10.8 Å². The summed E-state index contributed by atoms with van der Waals surface area (Å²) >= 11 is 0. The van der Waals surface area contributed by atoms with Gasteiger partial charge in [-0.25, -0.2) is 0 Å². The molecule has 0 spiro atoms. The molecule has 0 aliphatic carbocycles. The zero-order chi connectivity index (χ0) is 21.5. The van der Waals surface area contributed by atoms with Gasteiger partial charge in [-0.1, -0.05) is 12.1 Å². The van der Waals surface area contributed by atoms with Crippen molar-refractivity contribution in [2.24, 2.45) is 0 Å². The van der Waals surface area contributed by atoms with Crippen LogP contribution in [0.4, 0.5) is 0 Å². The third-order valence-electron chi connectivity index (χ3n) is 3.71. The third kappa shape index (κ3) is 9.07. The Morgan fingerprint density at radius 1 is 0.382 bits per heavy atom. The van der Waals surface area contributed by atoms with Crippen LogP contribution >= 0.6 is 0 Å². The number of fused-ring (bicyclic) bond motifs is 1. The molecular weight excluding hydrogens is 522 g/mol. The zero-order valence-corrected chi connectivity index (χ0v) is 31.1. The molecule has 0 unspecified atom stereocenters. The topological polar surface area (TPSA) is 241 Å². The molecule has 0 amide bonds. The minimum absolute atomic E-state index is 0. The molecule has 0 aromatic heterocycles. The number of carbonyl (C=O) groups is 6. The maximum Gasteiger partial charge on any atom is 1.00 e. The Morgan fingerprint density at radius 3 is 0.735 bits per heavy atom. The Morgan fingerprint density at radius 2 is 0.588 bits per heavy atom. The van der Waals surface area contributed by atoms with Crippen LogP contribution in [0.3, 0.4) is 0 Å². The molecule has 0 saturated carbocycles. The average molecular weight is 524 g/mol. The van der Waals surface area contributed by atoms with E-state index < -0.39 is 80.0 Å². The molecule has 2 aromatic rings. The molecule has 144 valence electrons. The number of hydrogen-bond donors (Lipinski definition) is 0. The summed E-state index contributed by atoms with van der Waals surface area (Å²) in [6, 6.07) is 0.929. The standard InChI is InChI=1S/C16H8O12.6Na/c17-11(18)3-1-2-4(12(19)20)6-5(3)7(13(21)22)9(15(25)26)10(16(27)28)8(6)14(23)24;;;;;;/h1-2H,(H,17,18)(H,19,20)(H,21,22)(H,23,24)(H,25,26)(H,27,28);;;;;;/q;6*+1/p-6. The molecule has 0 N–H and O–H groups in total. The van der Waals surface area contributed by atoms with E-state index in [0.29, 0.717) is 12.1 Å². The van der Waals surface area contributed by atoms with Crippen molar-refractivity contribution in [1.82, 2.24) is 0 Å². The molecule has 0 bridgehead atoms. The van der Waals surface area contributed by atoms with E-state index in [1.54, 1.807) is 0 Å². The Balaban J connectivity index is -0.000000467. The van der Waals surface area contributed by atoms with Gasteiger partial charge in [0, 0.05) is 44.2 Å². The van der Waals surface area contributed by atoms with E-state index in [4.69, 9.17) is 0 Å². The van der Waals surface area contributed by atoms with Gasteiger partial charge in [0.15, 0.2) is 0 Å². The van der Waals surface area contributed by atoms with Crippen LogP contribution in [0.5, 0.6) is 0 Å². The fourth-order valence-corrected chi connectivity index (χ4v) is 2.78. The van der Waals surface area contributed by atoms with Crippen LogP contribution in [0.15, 0.2) is 12.1 Å². The van der Waals surface area contributed by atoms with E-state index in [9.17, 15) is 59.4 Å². The zero-order valence-electron chi connectivity index (χ0n) is 19.1. The normalized spacial score (nSPS) is 8.59. The molecule has 0 radical (unpaired) electrons. The number of aromatic carboxylic acids is 6. The SMILES string of the molecule is O=C([O-])c1c(C(=O)[O-])c(C(=O)[O-])c2c(C(=O)[O-])ccc(C(=O)[O-])c2c1C(=O)[O-].[Na+].[Na+].[Na+].[Na+].[Na+].[Na+]. The third-order valence-corrected chi connectivity index (χ3v) is 3.71. The maximum atomic E-state index is 11.5. The monoisotopic (exact) mass is 524 g/mol. The minimum Gasteiger partial charge on any atom is -0.545 e. The van der Waals surface area contributed by atoms with Crippen molar-refractivity contribution in [3.05, 3.63) is 45.5 Å². The second kappa shape index (κ2) is 18.7. The van der Waals surface area contributed by atoms with Crippen LogP contribution in [-0.2, 0) is 0 Å². The van der Waals surface area contributed by atoms with E-state index in [1.807, 2.05) is 0 Å². The van der Waals surface area contributed by atoms with Gasteiger partial charge in [-0.15, -0.1) is 0 Å². The number of carboxylic acid groups (broad SMARTS) is 6. The Labute approximate surface area is 323 Å². The second-order valence-electron chi connectivity index (χ2n) is 5.14. The minimum atomic E-state index is -2.55. The number of hydrogen-bond acceptors (Lipinski definition) is 12. The van der Waals surface area contributed by atoms with Crippen molar-refractivity contribution in [1.29, 1.82) is 0 Å². The fraction of sp³-hybridized carbons (Fsp3) is 0. The first-order chi connectivity index (χ1) is 12.9. The Kier molecular flexibility index (Phi) is 25.0. The van der Waals surface area contributed by atoms with Gasteiger partial charge in [-0.05, 0) is 0 Å². The van der Waals surface area contributed by atoms with E-state index in [0.717, 1.165) is 0 Å². The van der Waals surface area contributed by atoms with Gasteiger partial charge < -0.3 is 59.4 Å². The quantitative estimate of drug-likeness (QED) is 0.320. The molecule has 0 aliphatic heterocycles. The second-order valence-corrected chi connectivity index (χ2v) is 5.14. The average Bonchev–Trinajstić information content (AvgIpc) is 2.57. The predicted molar refractivity (Wildman–Crippen MR) is 69.9 cm³/mol. The Bertz CT molecular complexity index is 1060. The summed E-state index contributed by atoms with van der Waals surface area (Å²) in [6.07, 6.45) is 0. The van der Waals surface area contributed by atoms with Crippen molar-refractivity contribution in [3.8, 4) is 0 Å². The van der Waals surface area contributed by atoms with Crippen LogP contribution < -0.4 is 208 Å². The molecule has 0 saturated heterocycles. The molecule has 18 heteroatoms. The van der Waals surface area contributed by atoms with E-state index in [1.165, 1.54) is 0 Å². The summed E-state index contributed by atoms with van der Waals surface area (Å²) in [5, 5.41) is 65.8. The molecule has 2 aromatic carbocycles. The molecule has 0 atom stereocenters. The molecule has 0 heterocycles. The molecule has 0 aliphatic rings. The predicted octanol–water partition coefficient (Wildman–Crippen LogP) is -25.0. The van der Waals surface area contributed by atoms with Crippen LogP contribution in [0.2, 0.25) is 0 Å². The summed E-state index contributed by atoms with van der Waals surface area (Å²) in [5.41, 5.74) is -9.31. The summed E-state index contributed by atoms with van der Waals surface area (Å²) in [7, 11) is 0. The summed E-state index contributed by atoms with van der Waals surface area (Å²) in [5.74, 6) is -14.4. The summed E-state index contributed by atoms with van der Waals surface area (Å²) < 4.78 is 0. The van der Waals surface area contributed by atoms with Crippen molar-refractivity contribution < 1.29 is 237 Å². The molecule has 34 heavy (non-hydrogen) atoms. The molecule has 0 fully saturated rings. The number of rotatable bonds is 6. The van der Waals surface area contributed by atoms with E-state index >= 15 is 0 Å². The van der Waals surface area contributed by atoms with Gasteiger partial charge in [0.2, 0.25) is 0 Å². The maximum absolute atomic E-state index is 11.5. The first kappa shape index (κ1) is 45.4. The summed E-state index contributed by atoms with van der Waals surface area (Å²) in [4.78, 5) is 68.4. The van der Waals surface area contributed by atoms with E-state index in [2.05, 4.69) is 0 Å². The van der Waals surface area contributed by atoms with Crippen molar-refractivity contribution >= 4 is 46.6 Å². The number of benzene rings is 2. The van der Waals surface area contributed by atoms with Crippen molar-refractivity contribution in [3.63, 3.8) is 0 Å². The number of carbonyl (C=O) groups excluding carboxylic acids is 6. The van der Waals surface area contributed by atoms with Gasteiger partial charge in [0.1, 0.15) is 0 Å². The largest absolute Gasteiger partial charge is 1.00 e. The molecule has 12 nitrogen and oxygen atoms in total. The van der Waals surface area contributed by atoms with Gasteiger partial charge in [-0.2, -0.15) is 0 Å². The molecule has 2 rings (SSSR count). The smallest absolute Gasteiger partial charge is 0.545 e. The molecular formula is C16H2Na6O12. The van der Waals surface area contributed by atoms with Gasteiger partial charge in [0.25, 0.3) is 0 Å². The van der Waals surface area contributed by atoms with Crippen molar-refractivity contribution in [2.45, 2.75) is 0 Å². The first-order valence-electron chi connectivity index (χ1n) is 6.86. The van der Waals surface area contributed by atoms with Gasteiger partial charge in [0.05, 0.1) is 35.8 Å². The van der Waals surface area contributed by atoms with Crippen LogP contribution in [0.1, 0.15) is 62.1 Å². The van der Waals surface area contributed by atoms with Crippen LogP contribution in [0, 0.1) is 0 Å². The first-order valence-corrected chi connectivity index (χ1v) is 6.86. The Hall–Kier alpha value is 1.52. The summed E-state index contributed by atoms with van der Waals surface area (Å²) in [6.45, 7) is 0.